The molecule has 0 radical (unpaired) electrons. The minimum Gasteiger partial charge on any atom is -0.362 e. The van der Waals surface area contributed by atoms with Crippen LogP contribution in [0.3, 0.4) is 0 Å². The van der Waals surface area contributed by atoms with Crippen molar-refractivity contribution in [3.63, 3.8) is 0 Å². The van der Waals surface area contributed by atoms with Crippen LogP contribution in [0.4, 0.5) is 11.8 Å². The molecule has 1 aromatic carbocycles. The van der Waals surface area contributed by atoms with E-state index in [2.05, 4.69) is 50.0 Å². The molecule has 7 nitrogen and oxygen atoms in total. The lowest BCUT2D eigenvalue weighted by Crippen LogP contribution is -2.15. The average molecular weight is 283 g/mol. The van der Waals surface area contributed by atoms with Crippen LogP contribution in [0.25, 0.3) is 11.0 Å². The third-order valence-corrected chi connectivity index (χ3v) is 3.36. The van der Waals surface area contributed by atoms with Crippen molar-refractivity contribution in [1.82, 2.24) is 20.2 Å². The molecule has 2 heterocycles. The molecular formula is C14H17N7. The Morgan fingerprint density at radius 1 is 1.24 bits per heavy atom. The van der Waals surface area contributed by atoms with Crippen LogP contribution in [0, 0.1) is 0 Å². The van der Waals surface area contributed by atoms with Gasteiger partial charge in [0.1, 0.15) is 5.82 Å². The van der Waals surface area contributed by atoms with Crippen molar-refractivity contribution in [3.8, 4) is 0 Å². The predicted molar refractivity (Wildman–Crippen MR) is 82.6 cm³/mol. The molecule has 2 aromatic heterocycles. The number of H-pyrrole nitrogens is 1. The van der Waals surface area contributed by atoms with E-state index in [1.165, 1.54) is 5.56 Å². The van der Waals surface area contributed by atoms with E-state index >= 15 is 0 Å². The van der Waals surface area contributed by atoms with E-state index < -0.39 is 0 Å². The number of aromatic nitrogens is 4. The summed E-state index contributed by atoms with van der Waals surface area (Å²) in [6.07, 6.45) is 2.63. The highest BCUT2D eigenvalue weighted by Gasteiger charge is 2.14. The molecule has 0 amide bonds. The Kier molecular flexibility index (Phi) is 3.65. The quantitative estimate of drug-likeness (QED) is 0.422. The summed E-state index contributed by atoms with van der Waals surface area (Å²) < 4.78 is 0. The molecule has 1 unspecified atom stereocenters. The van der Waals surface area contributed by atoms with Crippen molar-refractivity contribution in [1.29, 1.82) is 0 Å². The first kappa shape index (κ1) is 13.3. The van der Waals surface area contributed by atoms with Gasteiger partial charge in [0.15, 0.2) is 5.65 Å². The smallest absolute Gasteiger partial charge is 0.241 e. The molecule has 0 bridgehead atoms. The van der Waals surface area contributed by atoms with Gasteiger partial charge in [-0.15, -0.1) is 0 Å². The van der Waals surface area contributed by atoms with Crippen molar-refractivity contribution in [2.75, 3.05) is 10.7 Å². The highest BCUT2D eigenvalue weighted by Crippen LogP contribution is 2.26. The summed E-state index contributed by atoms with van der Waals surface area (Å²) in [6.45, 7) is 2.13. The van der Waals surface area contributed by atoms with Gasteiger partial charge in [-0.2, -0.15) is 15.1 Å². The second-order valence-electron chi connectivity index (χ2n) is 4.69. The second-order valence-corrected chi connectivity index (χ2v) is 4.69. The molecule has 0 saturated heterocycles. The Bertz CT molecular complexity index is 723. The monoisotopic (exact) mass is 283 g/mol. The third-order valence-electron chi connectivity index (χ3n) is 3.36. The van der Waals surface area contributed by atoms with E-state index in [4.69, 9.17) is 5.84 Å². The number of aromatic amines is 1. The highest BCUT2D eigenvalue weighted by atomic mass is 15.3. The number of hydrogen-bond acceptors (Lipinski definition) is 6. The van der Waals surface area contributed by atoms with Crippen LogP contribution >= 0.6 is 0 Å². The number of fused-ring (bicyclic) bond motifs is 1. The lowest BCUT2D eigenvalue weighted by molar-refractivity contribution is 0.746. The Hall–Kier alpha value is -2.67. The van der Waals surface area contributed by atoms with Gasteiger partial charge in [0, 0.05) is 0 Å². The number of hydrogen-bond donors (Lipinski definition) is 4. The molecule has 5 N–H and O–H groups in total. The zero-order valence-electron chi connectivity index (χ0n) is 11.7. The summed E-state index contributed by atoms with van der Waals surface area (Å²) >= 11 is 0. The van der Waals surface area contributed by atoms with E-state index in [1.54, 1.807) is 6.20 Å². The molecule has 3 aromatic rings. The van der Waals surface area contributed by atoms with Crippen LogP contribution in [0.15, 0.2) is 36.5 Å². The molecule has 0 spiro atoms. The summed E-state index contributed by atoms with van der Waals surface area (Å²) in [5.74, 6) is 6.47. The van der Waals surface area contributed by atoms with Gasteiger partial charge in [-0.3, -0.25) is 10.5 Å². The molecule has 1 atom stereocenters. The summed E-state index contributed by atoms with van der Waals surface area (Å²) in [6, 6.07) is 10.4. The normalized spacial score (nSPS) is 12.3. The van der Waals surface area contributed by atoms with Crippen LogP contribution in [0.5, 0.6) is 0 Å². The summed E-state index contributed by atoms with van der Waals surface area (Å²) in [4.78, 5) is 8.60. The minimum absolute atomic E-state index is 0.157. The lowest BCUT2D eigenvalue weighted by Gasteiger charge is -2.18. The molecule has 21 heavy (non-hydrogen) atoms. The van der Waals surface area contributed by atoms with E-state index in [0.29, 0.717) is 17.4 Å². The summed E-state index contributed by atoms with van der Waals surface area (Å²) in [7, 11) is 0. The van der Waals surface area contributed by atoms with Gasteiger partial charge >= 0.3 is 0 Å². The number of nitrogens with zero attached hydrogens (tertiary/aromatic N) is 3. The number of nitrogen functional groups attached to an aromatic ring is 1. The first-order valence-corrected chi connectivity index (χ1v) is 6.81. The maximum atomic E-state index is 5.42. The number of nitrogens with two attached hydrogens (primary N) is 1. The van der Waals surface area contributed by atoms with Crippen LogP contribution in [-0.2, 0) is 0 Å². The molecule has 0 aliphatic carbocycles. The largest absolute Gasteiger partial charge is 0.362 e. The summed E-state index contributed by atoms with van der Waals surface area (Å²) in [5, 5.41) is 11.1. The first-order chi connectivity index (χ1) is 10.3. The number of hydrazine groups is 1. The van der Waals surface area contributed by atoms with Crippen molar-refractivity contribution >= 4 is 22.8 Å². The van der Waals surface area contributed by atoms with Crippen LogP contribution < -0.4 is 16.6 Å². The fraction of sp³-hybridized carbons (Fsp3) is 0.214. The number of anilines is 2. The van der Waals surface area contributed by atoms with E-state index in [0.717, 1.165) is 11.8 Å². The first-order valence-electron chi connectivity index (χ1n) is 6.81. The van der Waals surface area contributed by atoms with Crippen molar-refractivity contribution in [3.05, 3.63) is 42.1 Å². The van der Waals surface area contributed by atoms with Crippen molar-refractivity contribution in [2.24, 2.45) is 5.84 Å². The minimum atomic E-state index is 0.157. The van der Waals surface area contributed by atoms with Crippen molar-refractivity contribution < 1.29 is 0 Å². The lowest BCUT2D eigenvalue weighted by atomic mass is 10.0. The van der Waals surface area contributed by atoms with E-state index in [1.807, 2.05) is 18.2 Å². The van der Waals surface area contributed by atoms with Gasteiger partial charge in [0.25, 0.3) is 0 Å². The molecule has 7 heteroatoms. The van der Waals surface area contributed by atoms with E-state index in [-0.39, 0.29) is 6.04 Å². The topological polar surface area (TPSA) is 105 Å². The maximum absolute atomic E-state index is 5.42. The molecular weight excluding hydrogens is 266 g/mol. The molecule has 0 aliphatic rings. The number of benzene rings is 1. The Labute approximate surface area is 122 Å². The SMILES string of the molecule is CCC(Nc1nc(NN)nc2[nH]ncc12)c1ccccc1. The molecule has 3 rings (SSSR count). The molecule has 0 fully saturated rings. The Morgan fingerprint density at radius 2 is 2.05 bits per heavy atom. The van der Waals surface area contributed by atoms with Gasteiger partial charge in [-0.25, -0.2) is 5.84 Å². The van der Waals surface area contributed by atoms with E-state index in [9.17, 15) is 0 Å². The molecule has 0 saturated carbocycles. The van der Waals surface area contributed by atoms with Crippen LogP contribution in [0.1, 0.15) is 24.9 Å². The summed E-state index contributed by atoms with van der Waals surface area (Å²) in [5.41, 5.74) is 4.32. The Morgan fingerprint density at radius 3 is 2.76 bits per heavy atom. The number of nitrogens with one attached hydrogen (secondary N) is 3. The zero-order valence-corrected chi connectivity index (χ0v) is 11.7. The van der Waals surface area contributed by atoms with Gasteiger partial charge in [0.05, 0.1) is 17.6 Å². The zero-order chi connectivity index (χ0) is 14.7. The molecule has 108 valence electrons. The van der Waals surface area contributed by atoms with Gasteiger partial charge in [0.2, 0.25) is 5.95 Å². The van der Waals surface area contributed by atoms with Crippen molar-refractivity contribution in [2.45, 2.75) is 19.4 Å². The fourth-order valence-corrected chi connectivity index (χ4v) is 2.28. The number of rotatable bonds is 5. The van der Waals surface area contributed by atoms with Gasteiger partial charge in [-0.1, -0.05) is 37.3 Å². The van der Waals surface area contributed by atoms with Crippen LogP contribution in [0.2, 0.25) is 0 Å². The van der Waals surface area contributed by atoms with Gasteiger partial charge in [-0.05, 0) is 12.0 Å². The standard InChI is InChI=1S/C14H17N7/c1-2-11(9-6-4-3-5-7-9)17-12-10-8-16-21-13(10)19-14(18-12)20-15/h3-8,11H,2,15H2,1H3,(H3,16,17,18,19,20,21). The fourth-order valence-electron chi connectivity index (χ4n) is 2.28. The second kappa shape index (κ2) is 5.76. The Balaban J connectivity index is 1.98. The maximum Gasteiger partial charge on any atom is 0.241 e. The molecule has 0 aliphatic heterocycles. The predicted octanol–water partition coefficient (Wildman–Crippen LogP) is 2.20. The van der Waals surface area contributed by atoms with Crippen LogP contribution in [-0.4, -0.2) is 20.2 Å². The average Bonchev–Trinajstić information content (AvgIpc) is 3.01. The third kappa shape index (κ3) is 2.63. The van der Waals surface area contributed by atoms with Gasteiger partial charge < -0.3 is 5.32 Å². The highest BCUT2D eigenvalue weighted by molar-refractivity contribution is 5.87.